The fourth-order valence-corrected chi connectivity index (χ4v) is 5.49. The predicted molar refractivity (Wildman–Crippen MR) is 137 cm³/mol. The lowest BCUT2D eigenvalue weighted by Gasteiger charge is -2.28. The van der Waals surface area contributed by atoms with Crippen LogP contribution in [0.25, 0.3) is 0 Å². The fraction of sp³-hybridized carbons (Fsp3) is 0.214. The van der Waals surface area contributed by atoms with Crippen LogP contribution in [0.3, 0.4) is 0 Å². The van der Waals surface area contributed by atoms with Crippen LogP contribution < -0.4 is 4.72 Å². The van der Waals surface area contributed by atoms with Gasteiger partial charge in [0, 0.05) is 5.69 Å². The lowest BCUT2D eigenvalue weighted by molar-refractivity contribution is 0.0787. The molecule has 0 aliphatic carbocycles. The summed E-state index contributed by atoms with van der Waals surface area (Å²) < 4.78 is 31.2. The van der Waals surface area contributed by atoms with Crippen molar-refractivity contribution in [1.29, 1.82) is 0 Å². The van der Waals surface area contributed by atoms with Crippen molar-refractivity contribution in [1.82, 2.24) is 14.5 Å². The number of rotatable bonds is 8. The smallest absolute Gasteiger partial charge is 0.252 e. The van der Waals surface area contributed by atoms with Gasteiger partial charge in [-0.25, -0.2) is 17.8 Å². The molecule has 0 spiro atoms. The van der Waals surface area contributed by atoms with E-state index in [1.54, 1.807) is 24.3 Å². The van der Waals surface area contributed by atoms with E-state index in [2.05, 4.69) is 9.82 Å². The Balaban J connectivity index is 1.81. The van der Waals surface area contributed by atoms with Crippen molar-refractivity contribution in [3.05, 3.63) is 119 Å². The zero-order valence-corrected chi connectivity index (χ0v) is 20.9. The Labute approximate surface area is 206 Å². The SMILES string of the molecule is Cc1ccc(S(=O)(=O)N[C@H](c2ccccc2)[C@@H](Cc2ccccc2)C(=O)n2nc(C)cc2C)cc1. The number of hydrogen-bond donors (Lipinski definition) is 1. The van der Waals surface area contributed by atoms with E-state index in [-0.39, 0.29) is 10.8 Å². The Hall–Kier alpha value is -3.55. The van der Waals surface area contributed by atoms with E-state index in [9.17, 15) is 13.2 Å². The van der Waals surface area contributed by atoms with Crippen molar-refractivity contribution in [2.75, 3.05) is 0 Å². The molecule has 1 N–H and O–H groups in total. The average molecular weight is 488 g/mol. The Morgan fingerprint density at radius 2 is 1.49 bits per heavy atom. The molecule has 35 heavy (non-hydrogen) atoms. The first-order valence-corrected chi connectivity index (χ1v) is 13.0. The minimum absolute atomic E-state index is 0.154. The third-order valence-corrected chi connectivity index (χ3v) is 7.47. The first-order valence-electron chi connectivity index (χ1n) is 11.5. The second-order valence-electron chi connectivity index (χ2n) is 8.80. The lowest BCUT2D eigenvalue weighted by Crippen LogP contribution is -2.40. The molecule has 0 radical (unpaired) electrons. The summed E-state index contributed by atoms with van der Waals surface area (Å²) in [4.78, 5) is 14.1. The molecule has 0 unspecified atom stereocenters. The third kappa shape index (κ3) is 5.75. The average Bonchev–Trinajstić information content (AvgIpc) is 3.20. The van der Waals surface area contributed by atoms with Crippen LogP contribution in [-0.4, -0.2) is 24.1 Å². The van der Waals surface area contributed by atoms with Crippen LogP contribution in [0.5, 0.6) is 0 Å². The molecular weight excluding hydrogens is 458 g/mol. The molecule has 7 heteroatoms. The monoisotopic (exact) mass is 487 g/mol. The first kappa shape index (κ1) is 24.6. The van der Waals surface area contributed by atoms with Gasteiger partial charge in [-0.3, -0.25) is 4.79 Å². The van der Waals surface area contributed by atoms with E-state index < -0.39 is 22.0 Å². The van der Waals surface area contributed by atoms with Gasteiger partial charge in [0.15, 0.2) is 0 Å². The lowest BCUT2D eigenvalue weighted by atomic mass is 9.87. The Morgan fingerprint density at radius 3 is 2.06 bits per heavy atom. The van der Waals surface area contributed by atoms with Gasteiger partial charge in [-0.2, -0.15) is 5.10 Å². The van der Waals surface area contributed by atoms with Crippen LogP contribution in [0, 0.1) is 26.7 Å². The zero-order valence-electron chi connectivity index (χ0n) is 20.0. The van der Waals surface area contributed by atoms with Gasteiger partial charge in [0.25, 0.3) is 5.91 Å². The van der Waals surface area contributed by atoms with Gasteiger partial charge in [0.05, 0.1) is 22.5 Å². The van der Waals surface area contributed by atoms with Crippen molar-refractivity contribution in [3.63, 3.8) is 0 Å². The number of nitrogens with zero attached hydrogens (tertiary/aromatic N) is 2. The maximum Gasteiger partial charge on any atom is 0.252 e. The van der Waals surface area contributed by atoms with Gasteiger partial charge in [-0.05, 0) is 56.5 Å². The molecule has 0 fully saturated rings. The fourth-order valence-electron chi connectivity index (χ4n) is 4.22. The van der Waals surface area contributed by atoms with E-state index in [1.165, 1.54) is 4.68 Å². The summed E-state index contributed by atoms with van der Waals surface area (Å²) >= 11 is 0. The number of hydrogen-bond acceptors (Lipinski definition) is 4. The number of aryl methyl sites for hydroxylation is 3. The van der Waals surface area contributed by atoms with Crippen LogP contribution in [0.1, 0.15) is 38.9 Å². The molecule has 180 valence electrons. The summed E-state index contributed by atoms with van der Waals surface area (Å²) in [5.74, 6) is -1.00. The van der Waals surface area contributed by atoms with Crippen molar-refractivity contribution in [2.45, 2.75) is 38.1 Å². The van der Waals surface area contributed by atoms with Crippen molar-refractivity contribution in [3.8, 4) is 0 Å². The molecule has 3 aromatic carbocycles. The minimum Gasteiger partial charge on any atom is -0.272 e. The van der Waals surface area contributed by atoms with Gasteiger partial charge in [0.1, 0.15) is 0 Å². The highest BCUT2D eigenvalue weighted by Crippen LogP contribution is 2.30. The Bertz CT molecular complexity index is 1400. The van der Waals surface area contributed by atoms with Gasteiger partial charge < -0.3 is 0 Å². The third-order valence-electron chi connectivity index (χ3n) is 6.01. The number of carbonyl (C=O) groups excluding carboxylic acids is 1. The van der Waals surface area contributed by atoms with Crippen LogP contribution in [0.2, 0.25) is 0 Å². The van der Waals surface area contributed by atoms with Crippen molar-refractivity contribution < 1.29 is 13.2 Å². The number of nitrogens with one attached hydrogen (secondary N) is 1. The largest absolute Gasteiger partial charge is 0.272 e. The molecule has 0 aliphatic rings. The van der Waals surface area contributed by atoms with E-state index in [1.807, 2.05) is 87.5 Å². The Kier molecular flexibility index (Phi) is 7.28. The van der Waals surface area contributed by atoms with Gasteiger partial charge >= 0.3 is 0 Å². The summed E-state index contributed by atoms with van der Waals surface area (Å²) in [6.45, 7) is 5.56. The molecule has 6 nitrogen and oxygen atoms in total. The van der Waals surface area contributed by atoms with E-state index in [0.717, 1.165) is 16.8 Å². The molecule has 4 aromatic rings. The van der Waals surface area contributed by atoms with Crippen LogP contribution in [0.15, 0.2) is 95.9 Å². The molecule has 1 aromatic heterocycles. The summed E-state index contributed by atoms with van der Waals surface area (Å²) in [5.41, 5.74) is 4.04. The second kappa shape index (κ2) is 10.4. The number of aromatic nitrogens is 2. The van der Waals surface area contributed by atoms with Gasteiger partial charge in [-0.15, -0.1) is 0 Å². The molecule has 0 saturated heterocycles. The Morgan fingerprint density at radius 1 is 0.886 bits per heavy atom. The molecule has 2 atom stereocenters. The number of sulfonamides is 1. The number of benzene rings is 3. The zero-order chi connectivity index (χ0) is 25.0. The summed E-state index contributed by atoms with van der Waals surface area (Å²) in [7, 11) is -3.91. The second-order valence-corrected chi connectivity index (χ2v) is 10.5. The predicted octanol–water partition coefficient (Wildman–Crippen LogP) is 5.03. The van der Waals surface area contributed by atoms with Gasteiger partial charge in [0.2, 0.25) is 10.0 Å². The number of carbonyl (C=O) groups is 1. The summed E-state index contributed by atoms with van der Waals surface area (Å²) in [5, 5.41) is 4.40. The highest BCUT2D eigenvalue weighted by molar-refractivity contribution is 7.89. The van der Waals surface area contributed by atoms with Crippen LogP contribution >= 0.6 is 0 Å². The molecule has 0 amide bonds. The molecule has 0 bridgehead atoms. The maximum atomic E-state index is 13.9. The van der Waals surface area contributed by atoms with E-state index >= 15 is 0 Å². The van der Waals surface area contributed by atoms with Crippen molar-refractivity contribution >= 4 is 15.9 Å². The standard InChI is InChI=1S/C28H29N3O3S/c1-20-14-16-25(17-15-20)35(33,34)30-27(24-12-8-5-9-13-24)26(19-23-10-6-4-7-11-23)28(32)31-22(3)18-21(2)29-31/h4-18,26-27,30H,19H2,1-3H3/t26-,27-/m1/s1. The molecular formula is C28H29N3O3S. The molecule has 0 saturated carbocycles. The van der Waals surface area contributed by atoms with Crippen molar-refractivity contribution in [2.24, 2.45) is 5.92 Å². The quantitative estimate of drug-likeness (QED) is 0.378. The molecule has 0 aliphatic heterocycles. The highest BCUT2D eigenvalue weighted by atomic mass is 32.2. The summed E-state index contributed by atoms with van der Waals surface area (Å²) in [6.07, 6.45) is 0.341. The maximum absolute atomic E-state index is 13.9. The highest BCUT2D eigenvalue weighted by Gasteiger charge is 2.35. The molecule has 4 rings (SSSR count). The summed E-state index contributed by atoms with van der Waals surface area (Å²) in [6, 6.07) is 26.6. The topological polar surface area (TPSA) is 81.1 Å². The van der Waals surface area contributed by atoms with Gasteiger partial charge in [-0.1, -0.05) is 78.4 Å². The molecule has 1 heterocycles. The van der Waals surface area contributed by atoms with Crippen LogP contribution in [-0.2, 0) is 16.4 Å². The van der Waals surface area contributed by atoms with E-state index in [4.69, 9.17) is 0 Å². The van der Waals surface area contributed by atoms with Crippen LogP contribution in [0.4, 0.5) is 0 Å². The van der Waals surface area contributed by atoms with E-state index in [0.29, 0.717) is 17.7 Å². The first-order chi connectivity index (χ1) is 16.7. The minimum atomic E-state index is -3.91. The normalized spacial score (nSPS) is 13.3.